The lowest BCUT2D eigenvalue weighted by Crippen LogP contribution is -2.14. The lowest BCUT2D eigenvalue weighted by molar-refractivity contribution is 0.177. The van der Waals surface area contributed by atoms with Crippen LogP contribution in [-0.2, 0) is 13.0 Å². The van der Waals surface area contributed by atoms with Gasteiger partial charge in [0, 0.05) is 45.8 Å². The van der Waals surface area contributed by atoms with Gasteiger partial charge >= 0.3 is 0 Å². The van der Waals surface area contributed by atoms with Crippen molar-refractivity contribution in [2.24, 2.45) is 0 Å². The minimum absolute atomic E-state index is 0.252. The fourth-order valence-electron chi connectivity index (χ4n) is 4.16. The standard InChI is InChI=1S/C24H24ClN3O3S/c1-4-19(29)21-10-17-24(32-21)15(5-6-26-17)16-9-14(25)7-13-8-20(31-22(13)16)23-18(11-28(2)3)27-12-30-23/h5-7,9-10,12,19-20,29H,4,8,11H2,1-3H3/t19?,20-/m1/s1. The average molecular weight is 470 g/mol. The number of aliphatic hydroxyl groups excluding tert-OH is 1. The molecule has 5 rings (SSSR count). The molecule has 1 aliphatic heterocycles. The maximum Gasteiger partial charge on any atom is 0.181 e. The van der Waals surface area contributed by atoms with Gasteiger partial charge in [-0.2, -0.15) is 0 Å². The van der Waals surface area contributed by atoms with Crippen molar-refractivity contribution < 1.29 is 14.3 Å². The van der Waals surface area contributed by atoms with Gasteiger partial charge in [0.25, 0.3) is 0 Å². The molecule has 4 heterocycles. The minimum Gasteiger partial charge on any atom is -0.481 e. The average Bonchev–Trinajstić information content (AvgIpc) is 3.49. The zero-order valence-electron chi connectivity index (χ0n) is 18.1. The van der Waals surface area contributed by atoms with Crippen LogP contribution in [0.15, 0.2) is 41.3 Å². The lowest BCUT2D eigenvalue weighted by atomic mass is 10.0. The number of aromatic nitrogens is 2. The number of hydrogen-bond donors (Lipinski definition) is 1. The highest BCUT2D eigenvalue weighted by Crippen LogP contribution is 2.48. The van der Waals surface area contributed by atoms with E-state index in [4.69, 9.17) is 20.8 Å². The number of fused-ring (bicyclic) bond motifs is 2. The van der Waals surface area contributed by atoms with Crippen molar-refractivity contribution >= 4 is 33.2 Å². The van der Waals surface area contributed by atoms with Crippen molar-refractivity contribution in [3.05, 3.63) is 63.8 Å². The van der Waals surface area contributed by atoms with Crippen LogP contribution < -0.4 is 4.74 Å². The first-order chi connectivity index (χ1) is 15.4. The summed E-state index contributed by atoms with van der Waals surface area (Å²) < 4.78 is 13.2. The van der Waals surface area contributed by atoms with Crippen molar-refractivity contribution in [2.45, 2.75) is 38.5 Å². The Morgan fingerprint density at radius 2 is 2.09 bits per heavy atom. The van der Waals surface area contributed by atoms with Crippen molar-refractivity contribution in [1.29, 1.82) is 0 Å². The lowest BCUT2D eigenvalue weighted by Gasteiger charge is -2.14. The first kappa shape index (κ1) is 21.4. The molecule has 166 valence electrons. The Labute approximate surface area is 195 Å². The summed E-state index contributed by atoms with van der Waals surface area (Å²) in [4.78, 5) is 11.9. The first-order valence-electron chi connectivity index (χ1n) is 10.6. The predicted molar refractivity (Wildman–Crippen MR) is 126 cm³/mol. The van der Waals surface area contributed by atoms with Gasteiger partial charge in [0.2, 0.25) is 0 Å². The Kier molecular flexibility index (Phi) is 5.67. The summed E-state index contributed by atoms with van der Waals surface area (Å²) in [5, 5.41) is 11.0. The van der Waals surface area contributed by atoms with Crippen LogP contribution in [0.25, 0.3) is 21.3 Å². The first-order valence-corrected chi connectivity index (χ1v) is 11.8. The van der Waals surface area contributed by atoms with Gasteiger partial charge in [-0.05, 0) is 44.8 Å². The van der Waals surface area contributed by atoms with E-state index in [-0.39, 0.29) is 6.10 Å². The summed E-state index contributed by atoms with van der Waals surface area (Å²) in [6.45, 7) is 2.65. The van der Waals surface area contributed by atoms with Gasteiger partial charge < -0.3 is 19.2 Å². The number of benzene rings is 1. The molecule has 3 aromatic heterocycles. The van der Waals surface area contributed by atoms with Crippen LogP contribution >= 0.6 is 22.9 Å². The van der Waals surface area contributed by atoms with Gasteiger partial charge in [0.1, 0.15) is 11.4 Å². The molecular formula is C24H24ClN3O3S. The third-order valence-corrected chi connectivity index (χ3v) is 7.14. The predicted octanol–water partition coefficient (Wildman–Crippen LogP) is 5.79. The molecule has 0 saturated carbocycles. The van der Waals surface area contributed by atoms with Crippen LogP contribution in [-0.4, -0.2) is 34.1 Å². The Balaban J connectivity index is 1.58. The highest BCUT2D eigenvalue weighted by Gasteiger charge is 2.32. The molecule has 0 aliphatic carbocycles. The second-order valence-corrected chi connectivity index (χ2v) is 9.82. The van der Waals surface area contributed by atoms with Crippen LogP contribution in [0, 0.1) is 0 Å². The molecule has 8 heteroatoms. The Morgan fingerprint density at radius 3 is 2.88 bits per heavy atom. The smallest absolute Gasteiger partial charge is 0.181 e. The quantitative estimate of drug-likeness (QED) is 0.385. The molecular weight excluding hydrogens is 446 g/mol. The van der Waals surface area contributed by atoms with Crippen LogP contribution in [0.3, 0.4) is 0 Å². The van der Waals surface area contributed by atoms with Crippen LogP contribution in [0.1, 0.15) is 47.4 Å². The number of aliphatic hydroxyl groups is 1. The number of ether oxygens (including phenoxy) is 1. The number of oxazole rings is 1. The Bertz CT molecular complexity index is 1280. The molecule has 1 aliphatic rings. The third kappa shape index (κ3) is 3.79. The van der Waals surface area contributed by atoms with E-state index in [1.807, 2.05) is 45.3 Å². The number of hydrogen-bond acceptors (Lipinski definition) is 7. The minimum atomic E-state index is -0.491. The van der Waals surface area contributed by atoms with Gasteiger partial charge in [-0.25, -0.2) is 4.98 Å². The second-order valence-electron chi connectivity index (χ2n) is 8.30. The zero-order valence-corrected chi connectivity index (χ0v) is 19.7. The topological polar surface area (TPSA) is 71.6 Å². The molecule has 2 atom stereocenters. The molecule has 32 heavy (non-hydrogen) atoms. The summed E-state index contributed by atoms with van der Waals surface area (Å²) >= 11 is 8.10. The Morgan fingerprint density at radius 1 is 1.25 bits per heavy atom. The normalized spacial score (nSPS) is 16.5. The highest BCUT2D eigenvalue weighted by molar-refractivity contribution is 7.19. The summed E-state index contributed by atoms with van der Waals surface area (Å²) in [7, 11) is 4.00. The van der Waals surface area contributed by atoms with E-state index in [1.54, 1.807) is 17.5 Å². The van der Waals surface area contributed by atoms with Crippen molar-refractivity contribution in [3.8, 4) is 16.9 Å². The largest absolute Gasteiger partial charge is 0.481 e. The molecule has 1 N–H and O–H groups in total. The van der Waals surface area contributed by atoms with E-state index < -0.39 is 6.10 Å². The summed E-state index contributed by atoms with van der Waals surface area (Å²) in [6.07, 6.45) is 3.85. The molecule has 6 nitrogen and oxygen atoms in total. The molecule has 0 amide bonds. The third-order valence-electron chi connectivity index (χ3n) is 5.66. The van der Waals surface area contributed by atoms with Crippen LogP contribution in [0.4, 0.5) is 0 Å². The summed E-state index contributed by atoms with van der Waals surface area (Å²) in [6, 6.07) is 7.85. The van der Waals surface area contributed by atoms with Gasteiger partial charge in [0.15, 0.2) is 18.3 Å². The van der Waals surface area contributed by atoms with Gasteiger partial charge in [-0.3, -0.25) is 4.98 Å². The van der Waals surface area contributed by atoms with E-state index in [0.717, 1.165) is 49.0 Å². The van der Waals surface area contributed by atoms with E-state index in [2.05, 4.69) is 14.9 Å². The number of nitrogens with zero attached hydrogens (tertiary/aromatic N) is 3. The van der Waals surface area contributed by atoms with E-state index in [9.17, 15) is 5.11 Å². The van der Waals surface area contributed by atoms with Gasteiger partial charge in [-0.15, -0.1) is 11.3 Å². The SMILES string of the molecule is CCC(O)c1cc2nccc(-c3cc(Cl)cc4c3O[C@@H](c3ocnc3CN(C)C)C4)c2s1. The fraction of sp³-hybridized carbons (Fsp3) is 0.333. The highest BCUT2D eigenvalue weighted by atomic mass is 35.5. The maximum absolute atomic E-state index is 10.3. The van der Waals surface area contributed by atoms with E-state index >= 15 is 0 Å². The molecule has 0 spiro atoms. The monoisotopic (exact) mass is 469 g/mol. The van der Waals surface area contributed by atoms with E-state index in [0.29, 0.717) is 24.4 Å². The second kappa shape index (κ2) is 8.48. The molecule has 4 aromatic rings. The maximum atomic E-state index is 10.3. The number of halogens is 1. The molecule has 1 unspecified atom stereocenters. The molecule has 1 aromatic carbocycles. The van der Waals surface area contributed by atoms with E-state index in [1.165, 1.54) is 6.39 Å². The van der Waals surface area contributed by atoms with Gasteiger partial charge in [0.05, 0.1) is 16.3 Å². The van der Waals surface area contributed by atoms with Crippen LogP contribution in [0.5, 0.6) is 5.75 Å². The van der Waals surface area contributed by atoms with Crippen LogP contribution in [0.2, 0.25) is 5.02 Å². The fourth-order valence-corrected chi connectivity index (χ4v) is 5.62. The number of rotatable bonds is 6. The van der Waals surface area contributed by atoms with Crippen molar-refractivity contribution in [1.82, 2.24) is 14.9 Å². The number of thiophene rings is 1. The zero-order chi connectivity index (χ0) is 22.4. The molecule has 0 bridgehead atoms. The van der Waals surface area contributed by atoms with Gasteiger partial charge in [-0.1, -0.05) is 18.5 Å². The van der Waals surface area contributed by atoms with Crippen molar-refractivity contribution in [2.75, 3.05) is 14.1 Å². The summed E-state index contributed by atoms with van der Waals surface area (Å²) in [5.74, 6) is 1.56. The molecule has 0 radical (unpaired) electrons. The number of pyridine rings is 1. The summed E-state index contributed by atoms with van der Waals surface area (Å²) in [5.41, 5.74) is 4.71. The Hall–Kier alpha value is -2.45. The van der Waals surface area contributed by atoms with Crippen molar-refractivity contribution in [3.63, 3.8) is 0 Å². The molecule has 0 fully saturated rings. The molecule has 0 saturated heterocycles.